The Morgan fingerprint density at radius 1 is 0.493 bits per heavy atom. The zero-order valence-electron chi connectivity index (χ0n) is 36.7. The number of nitrogens with zero attached hydrogens (tertiary/aromatic N) is 3. The van der Waals surface area contributed by atoms with Gasteiger partial charge in [0.05, 0.1) is 34.9 Å². The summed E-state index contributed by atoms with van der Waals surface area (Å²) in [6.07, 6.45) is 3.15. The largest absolute Gasteiger partial charge is 0.466 e. The summed E-state index contributed by atoms with van der Waals surface area (Å²) >= 11 is 6.46. The Morgan fingerprint density at radius 3 is 1.33 bits per heavy atom. The van der Waals surface area contributed by atoms with Crippen molar-refractivity contribution in [2.45, 2.75) is 18.9 Å². The molecule has 1 atom stereocenters. The summed E-state index contributed by atoms with van der Waals surface area (Å²) in [5.41, 5.74) is 16.0. The molecule has 10 heteroatoms. The number of H-pyrrole nitrogens is 2. The number of hydrogen-bond acceptors (Lipinski definition) is 4. The van der Waals surface area contributed by atoms with Gasteiger partial charge in [-0.1, -0.05) is 127 Å². The number of aromatic amines is 2. The molecule has 1 unspecified atom stereocenters. The highest BCUT2D eigenvalue weighted by molar-refractivity contribution is 6.30. The van der Waals surface area contributed by atoms with Crippen molar-refractivity contribution in [3.8, 4) is 50.3 Å². The van der Waals surface area contributed by atoms with Gasteiger partial charge in [0, 0.05) is 66.2 Å². The lowest BCUT2D eigenvalue weighted by Crippen LogP contribution is -2.36. The number of rotatable bonds is 6. The Hall–Kier alpha value is -8.40. The van der Waals surface area contributed by atoms with E-state index < -0.39 is 18.0 Å². The van der Waals surface area contributed by atoms with Gasteiger partial charge >= 0.3 is 6.18 Å². The Kier molecular flexibility index (Phi) is 10.4. The molecule has 0 saturated carbocycles. The fourth-order valence-corrected chi connectivity index (χ4v) is 9.80. The second-order valence-corrected chi connectivity index (χ2v) is 17.6. The monoisotopic (exact) mass is 925 g/mol. The van der Waals surface area contributed by atoms with E-state index in [9.17, 15) is 13.2 Å². The molecule has 0 radical (unpaired) electrons. The van der Waals surface area contributed by atoms with E-state index in [0.717, 1.165) is 113 Å². The highest BCUT2D eigenvalue weighted by atomic mass is 35.5. The first-order chi connectivity index (χ1) is 33.7. The van der Waals surface area contributed by atoms with Crippen LogP contribution in [0.4, 0.5) is 18.9 Å². The van der Waals surface area contributed by atoms with Crippen LogP contribution in [0.5, 0.6) is 5.75 Å². The molecule has 0 fully saturated rings. The van der Waals surface area contributed by atoms with Crippen LogP contribution in [0.1, 0.15) is 45.7 Å². The number of nitrogens with one attached hydrogen (secondary N) is 2. The molecule has 3 aromatic heterocycles. The molecule has 334 valence electrons. The van der Waals surface area contributed by atoms with Gasteiger partial charge in [-0.05, 0) is 113 Å². The molecule has 3 aliphatic heterocycles. The number of ether oxygens (including phenoxy) is 1. The quantitative estimate of drug-likeness (QED) is 0.174. The maximum atomic E-state index is 13.7. The molecule has 3 aliphatic rings. The van der Waals surface area contributed by atoms with Crippen molar-refractivity contribution in [3.63, 3.8) is 0 Å². The summed E-state index contributed by atoms with van der Waals surface area (Å²) in [6, 6.07) is 58.1. The van der Waals surface area contributed by atoms with E-state index in [-0.39, 0.29) is 0 Å². The lowest BCUT2D eigenvalue weighted by molar-refractivity contribution is -0.137. The second kappa shape index (κ2) is 17.0. The number of aromatic nitrogens is 4. The number of fused-ring (bicyclic) bond motifs is 9. The first-order valence-electron chi connectivity index (χ1n) is 22.5. The topological polar surface area (TPSA) is 69.8 Å². The van der Waals surface area contributed by atoms with Crippen molar-refractivity contribution in [3.05, 3.63) is 226 Å². The summed E-state index contributed by atoms with van der Waals surface area (Å²) in [7, 11) is 0. The molecular weight excluding hydrogens is 887 g/mol. The van der Waals surface area contributed by atoms with Crippen molar-refractivity contribution < 1.29 is 17.9 Å². The van der Waals surface area contributed by atoms with E-state index in [2.05, 4.69) is 107 Å². The number of halogens is 4. The molecule has 2 N–H and O–H groups in total. The molecule has 9 aromatic rings. The van der Waals surface area contributed by atoms with Gasteiger partial charge < -0.3 is 19.6 Å². The minimum atomic E-state index is -4.46. The zero-order valence-corrected chi connectivity index (χ0v) is 37.4. The molecule has 69 heavy (non-hydrogen) atoms. The summed E-state index contributed by atoms with van der Waals surface area (Å²) in [6.45, 7) is 0.407. The van der Waals surface area contributed by atoms with Crippen LogP contribution < -0.4 is 9.64 Å². The second-order valence-electron chi connectivity index (χ2n) is 17.1. The van der Waals surface area contributed by atoms with Crippen molar-refractivity contribution in [1.29, 1.82) is 0 Å². The lowest BCUT2D eigenvalue weighted by Gasteiger charge is -2.39. The number of alkyl halides is 3. The van der Waals surface area contributed by atoms with Gasteiger partial charge in [-0.25, -0.2) is 9.97 Å². The standard InChI is InChI=1S/C59H39ClF3N5O/c60-43-22-33-53-41(34-43)35-68(58(69-53)40-16-20-42(21-17-40)59(61,62)63)44-23-18-39(19-24-44)57-51-31-29-49(66-51)55(37-12-6-2-7-13-37)47-27-25-45(64-47)54(36-10-4-1-5-11-36)46-26-28-48(65-46)56(38-14-8-3-9-15-38)50-30-32-52(57)67-50/h1-34,58,64,67H,35H2. The van der Waals surface area contributed by atoms with Crippen LogP contribution in [0.2, 0.25) is 5.02 Å². The molecular formula is C59H39ClF3N5O. The molecule has 0 amide bonds. The van der Waals surface area contributed by atoms with Crippen LogP contribution in [-0.4, -0.2) is 19.9 Å². The number of anilines is 1. The Labute approximate surface area is 400 Å². The first-order valence-corrected chi connectivity index (χ1v) is 22.9. The average molecular weight is 926 g/mol. The molecule has 12 rings (SSSR count). The summed E-state index contributed by atoms with van der Waals surface area (Å²) in [5.74, 6) is 0.622. The molecule has 0 saturated heterocycles. The van der Waals surface area contributed by atoms with Gasteiger partial charge in [0.25, 0.3) is 0 Å². The van der Waals surface area contributed by atoms with Gasteiger partial charge in [0.2, 0.25) is 0 Å². The van der Waals surface area contributed by atoms with Crippen molar-refractivity contribution in [2.24, 2.45) is 0 Å². The average Bonchev–Trinajstić information content (AvgIpc) is 4.23. The van der Waals surface area contributed by atoms with Crippen LogP contribution in [0.3, 0.4) is 0 Å². The highest BCUT2D eigenvalue weighted by Crippen LogP contribution is 2.43. The number of hydrogen-bond donors (Lipinski definition) is 2. The third-order valence-corrected chi connectivity index (χ3v) is 13.1. The molecule has 0 aliphatic carbocycles. The SMILES string of the molecule is FC(F)(F)c1ccc(C2Oc3ccc(Cl)cc3CN2c2ccc(-c3c4nc(c(-c5ccccc5)c5ccc([nH]5)c(-c5ccccc5)c5nc(c(-c6ccccc6)c6ccc3[nH]6)C=C5)C=C4)cc2)cc1. The normalized spacial score (nSPS) is 14.1. The molecule has 6 aromatic carbocycles. The summed E-state index contributed by atoms with van der Waals surface area (Å²) in [5, 5.41) is 0.561. The van der Waals surface area contributed by atoms with Crippen molar-refractivity contribution >= 4 is 63.7 Å². The van der Waals surface area contributed by atoms with E-state index >= 15 is 0 Å². The van der Waals surface area contributed by atoms with E-state index in [0.29, 0.717) is 22.9 Å². The smallest absolute Gasteiger partial charge is 0.416 e. The van der Waals surface area contributed by atoms with Crippen LogP contribution in [0.25, 0.3) is 90.9 Å². The van der Waals surface area contributed by atoms with Gasteiger partial charge in [0.15, 0.2) is 6.23 Å². The Balaban J connectivity index is 1.08. The highest BCUT2D eigenvalue weighted by Gasteiger charge is 2.33. The fraction of sp³-hybridized carbons (Fsp3) is 0.0508. The van der Waals surface area contributed by atoms with Crippen LogP contribution in [0, 0.1) is 0 Å². The minimum absolute atomic E-state index is 0.407. The third-order valence-electron chi connectivity index (χ3n) is 12.8. The van der Waals surface area contributed by atoms with Crippen LogP contribution in [0.15, 0.2) is 182 Å². The molecule has 8 bridgehead atoms. The van der Waals surface area contributed by atoms with E-state index in [1.54, 1.807) is 12.1 Å². The van der Waals surface area contributed by atoms with E-state index in [1.807, 2.05) is 77.7 Å². The van der Waals surface area contributed by atoms with Crippen LogP contribution in [-0.2, 0) is 12.7 Å². The summed E-state index contributed by atoms with van der Waals surface area (Å²) in [4.78, 5) is 20.5. The van der Waals surface area contributed by atoms with Crippen LogP contribution >= 0.6 is 11.6 Å². The first kappa shape index (κ1) is 42.0. The Bertz CT molecular complexity index is 3620. The zero-order chi connectivity index (χ0) is 46.6. The van der Waals surface area contributed by atoms with Gasteiger partial charge in [-0.3, -0.25) is 0 Å². The fourth-order valence-electron chi connectivity index (χ4n) is 9.60. The lowest BCUT2D eigenvalue weighted by atomic mass is 10.0. The van der Waals surface area contributed by atoms with Crippen molar-refractivity contribution in [2.75, 3.05) is 4.90 Å². The van der Waals surface area contributed by atoms with Gasteiger partial charge in [-0.2, -0.15) is 13.2 Å². The van der Waals surface area contributed by atoms with E-state index in [1.165, 1.54) is 12.1 Å². The molecule has 6 heterocycles. The predicted molar refractivity (Wildman–Crippen MR) is 273 cm³/mol. The molecule has 6 nitrogen and oxygen atoms in total. The van der Waals surface area contributed by atoms with Gasteiger partial charge in [-0.15, -0.1) is 0 Å². The Morgan fingerprint density at radius 2 is 0.913 bits per heavy atom. The third kappa shape index (κ3) is 7.86. The summed E-state index contributed by atoms with van der Waals surface area (Å²) < 4.78 is 47.6. The minimum Gasteiger partial charge on any atom is -0.466 e. The maximum Gasteiger partial charge on any atom is 0.416 e. The number of benzene rings is 6. The van der Waals surface area contributed by atoms with Gasteiger partial charge in [0.1, 0.15) is 5.75 Å². The predicted octanol–water partition coefficient (Wildman–Crippen LogP) is 16.1. The van der Waals surface area contributed by atoms with E-state index in [4.69, 9.17) is 26.3 Å². The maximum absolute atomic E-state index is 13.7. The van der Waals surface area contributed by atoms with Crippen molar-refractivity contribution in [1.82, 2.24) is 19.9 Å². The molecule has 0 spiro atoms.